The van der Waals surface area contributed by atoms with Crippen molar-refractivity contribution in [2.75, 3.05) is 11.9 Å². The molecule has 0 unspecified atom stereocenters. The number of aliphatic carboxylic acids is 1. The Kier molecular flexibility index (Phi) is 4.50. The molecule has 0 aliphatic carbocycles. The average molecular weight is 268 g/mol. The monoisotopic (exact) mass is 268 g/mol. The van der Waals surface area contributed by atoms with Crippen LogP contribution < -0.4 is 4.90 Å². The van der Waals surface area contributed by atoms with Crippen LogP contribution in [-0.2, 0) is 11.3 Å². The van der Waals surface area contributed by atoms with E-state index in [9.17, 15) is 4.79 Å². The lowest BCUT2D eigenvalue weighted by Crippen LogP contribution is -2.17. The number of anilines is 1. The molecule has 0 radical (unpaired) electrons. The lowest BCUT2D eigenvalue weighted by atomic mass is 10.2. The summed E-state index contributed by atoms with van der Waals surface area (Å²) in [4.78, 5) is 16.8. The molecule has 1 N–H and O–H groups in total. The summed E-state index contributed by atoms with van der Waals surface area (Å²) < 4.78 is 0. The molecule has 102 valence electrons. The normalized spacial score (nSPS) is 10.7. The highest BCUT2D eigenvalue weighted by molar-refractivity contribution is 5.85. The molecule has 0 aliphatic rings. The van der Waals surface area contributed by atoms with Gasteiger partial charge >= 0.3 is 5.97 Å². The second kappa shape index (κ2) is 6.52. The van der Waals surface area contributed by atoms with Gasteiger partial charge in [-0.25, -0.2) is 9.78 Å². The van der Waals surface area contributed by atoms with Gasteiger partial charge in [-0.3, -0.25) is 0 Å². The van der Waals surface area contributed by atoms with Crippen molar-refractivity contribution in [3.63, 3.8) is 0 Å². The molecule has 0 atom stereocenters. The maximum absolute atomic E-state index is 10.4. The van der Waals surface area contributed by atoms with Gasteiger partial charge in [-0.05, 0) is 29.3 Å². The van der Waals surface area contributed by atoms with Gasteiger partial charge in [0.05, 0.1) is 0 Å². The van der Waals surface area contributed by atoms with E-state index in [-0.39, 0.29) is 0 Å². The highest BCUT2D eigenvalue weighted by Crippen LogP contribution is 2.13. The molecule has 1 aromatic heterocycles. The van der Waals surface area contributed by atoms with Gasteiger partial charge in [0.2, 0.25) is 0 Å². The Morgan fingerprint density at radius 1 is 1.25 bits per heavy atom. The number of pyridine rings is 1. The molecule has 0 saturated carbocycles. The number of carboxylic acid groups (broad SMARTS) is 1. The van der Waals surface area contributed by atoms with Crippen molar-refractivity contribution >= 4 is 17.9 Å². The summed E-state index contributed by atoms with van der Waals surface area (Å²) in [6.45, 7) is 0.776. The molecule has 0 bridgehead atoms. The Morgan fingerprint density at radius 3 is 2.60 bits per heavy atom. The molecule has 4 nitrogen and oxygen atoms in total. The maximum Gasteiger partial charge on any atom is 0.328 e. The number of hydrogen-bond acceptors (Lipinski definition) is 3. The second-order valence-corrected chi connectivity index (χ2v) is 4.46. The lowest BCUT2D eigenvalue weighted by Gasteiger charge is -2.18. The summed E-state index contributed by atoms with van der Waals surface area (Å²) in [6.07, 6.45) is 4.29. The minimum absolute atomic E-state index is 0.768. The summed E-state index contributed by atoms with van der Waals surface area (Å²) in [6, 6.07) is 13.9. The van der Waals surface area contributed by atoms with E-state index in [1.807, 2.05) is 42.3 Å². The summed E-state index contributed by atoms with van der Waals surface area (Å²) in [5.74, 6) is -0.114. The van der Waals surface area contributed by atoms with Crippen LogP contribution >= 0.6 is 0 Å². The zero-order valence-corrected chi connectivity index (χ0v) is 11.2. The van der Waals surface area contributed by atoms with E-state index in [1.54, 1.807) is 6.20 Å². The van der Waals surface area contributed by atoms with Crippen LogP contribution in [0.4, 0.5) is 5.82 Å². The van der Waals surface area contributed by atoms with Crippen LogP contribution in [0.25, 0.3) is 6.08 Å². The average Bonchev–Trinajstić information content (AvgIpc) is 2.46. The highest BCUT2D eigenvalue weighted by Gasteiger charge is 2.03. The number of carboxylic acids is 1. The van der Waals surface area contributed by atoms with Gasteiger partial charge in [0.15, 0.2) is 0 Å². The van der Waals surface area contributed by atoms with E-state index in [0.717, 1.165) is 24.0 Å². The topological polar surface area (TPSA) is 53.4 Å². The van der Waals surface area contributed by atoms with Crippen molar-refractivity contribution < 1.29 is 9.90 Å². The van der Waals surface area contributed by atoms with Crippen LogP contribution in [-0.4, -0.2) is 23.1 Å². The largest absolute Gasteiger partial charge is 0.478 e. The zero-order valence-electron chi connectivity index (χ0n) is 11.2. The fourth-order valence-corrected chi connectivity index (χ4v) is 1.83. The maximum atomic E-state index is 10.4. The SMILES string of the molecule is CN(Cc1ccccc1)c1ccc(/C=C/C(=O)O)cn1. The Bertz CT molecular complexity index is 592. The third kappa shape index (κ3) is 3.95. The molecule has 0 fully saturated rings. The lowest BCUT2D eigenvalue weighted by molar-refractivity contribution is -0.131. The van der Waals surface area contributed by atoms with E-state index in [1.165, 1.54) is 11.6 Å². The van der Waals surface area contributed by atoms with E-state index < -0.39 is 5.97 Å². The standard InChI is InChI=1S/C16H16N2O2/c1-18(12-14-5-3-2-4-6-14)15-9-7-13(11-17-15)8-10-16(19)20/h2-11H,12H2,1H3,(H,19,20)/b10-8+. The van der Waals surface area contributed by atoms with Crippen molar-refractivity contribution in [2.45, 2.75) is 6.54 Å². The van der Waals surface area contributed by atoms with Gasteiger partial charge in [0.25, 0.3) is 0 Å². The second-order valence-electron chi connectivity index (χ2n) is 4.46. The van der Waals surface area contributed by atoms with Gasteiger partial charge < -0.3 is 10.0 Å². The van der Waals surface area contributed by atoms with Gasteiger partial charge in [0.1, 0.15) is 5.82 Å². The van der Waals surface area contributed by atoms with Crippen LogP contribution in [0.1, 0.15) is 11.1 Å². The van der Waals surface area contributed by atoms with Gasteiger partial charge in [-0.2, -0.15) is 0 Å². The summed E-state index contributed by atoms with van der Waals surface area (Å²) in [7, 11) is 1.97. The molecular formula is C16H16N2O2. The van der Waals surface area contributed by atoms with E-state index in [2.05, 4.69) is 17.1 Å². The van der Waals surface area contributed by atoms with Crippen LogP contribution in [0, 0.1) is 0 Å². The minimum Gasteiger partial charge on any atom is -0.478 e. The fraction of sp³-hybridized carbons (Fsp3) is 0.125. The first-order valence-electron chi connectivity index (χ1n) is 6.27. The molecule has 0 aliphatic heterocycles. The predicted octanol–water partition coefficient (Wildman–Crippen LogP) is 2.82. The van der Waals surface area contributed by atoms with Crippen molar-refractivity contribution in [1.29, 1.82) is 0 Å². The molecule has 4 heteroatoms. The molecule has 0 amide bonds. The van der Waals surface area contributed by atoms with Crippen molar-refractivity contribution in [3.8, 4) is 0 Å². The molecule has 1 aromatic carbocycles. The van der Waals surface area contributed by atoms with Crippen LogP contribution in [0.5, 0.6) is 0 Å². The van der Waals surface area contributed by atoms with Crippen LogP contribution in [0.15, 0.2) is 54.7 Å². The van der Waals surface area contributed by atoms with Gasteiger partial charge in [-0.1, -0.05) is 30.3 Å². The number of rotatable bonds is 5. The van der Waals surface area contributed by atoms with E-state index >= 15 is 0 Å². The molecule has 0 saturated heterocycles. The third-order valence-electron chi connectivity index (χ3n) is 2.84. The third-order valence-corrected chi connectivity index (χ3v) is 2.84. The van der Waals surface area contributed by atoms with Crippen molar-refractivity contribution in [2.24, 2.45) is 0 Å². The molecule has 1 heterocycles. The molecule has 0 spiro atoms. The molecule has 2 aromatic rings. The predicted molar refractivity (Wildman–Crippen MR) is 79.5 cm³/mol. The van der Waals surface area contributed by atoms with E-state index in [4.69, 9.17) is 5.11 Å². The Morgan fingerprint density at radius 2 is 2.00 bits per heavy atom. The summed E-state index contributed by atoms with van der Waals surface area (Å²) in [5.41, 5.74) is 1.98. The Hall–Kier alpha value is -2.62. The number of carbonyl (C=O) groups is 1. The zero-order chi connectivity index (χ0) is 14.4. The van der Waals surface area contributed by atoms with E-state index in [0.29, 0.717) is 0 Å². The summed E-state index contributed by atoms with van der Waals surface area (Å²) >= 11 is 0. The quantitative estimate of drug-likeness (QED) is 0.847. The fourth-order valence-electron chi connectivity index (χ4n) is 1.83. The molecule has 20 heavy (non-hydrogen) atoms. The number of hydrogen-bond donors (Lipinski definition) is 1. The van der Waals surface area contributed by atoms with Crippen molar-refractivity contribution in [1.82, 2.24) is 4.98 Å². The first kappa shape index (κ1) is 13.8. The first-order valence-corrected chi connectivity index (χ1v) is 6.27. The highest BCUT2D eigenvalue weighted by atomic mass is 16.4. The van der Waals surface area contributed by atoms with Crippen LogP contribution in [0.3, 0.4) is 0 Å². The van der Waals surface area contributed by atoms with Crippen LogP contribution in [0.2, 0.25) is 0 Å². The van der Waals surface area contributed by atoms with Crippen molar-refractivity contribution in [3.05, 3.63) is 65.9 Å². The Balaban J connectivity index is 2.04. The smallest absolute Gasteiger partial charge is 0.328 e. The molecular weight excluding hydrogens is 252 g/mol. The summed E-state index contributed by atoms with van der Waals surface area (Å²) in [5, 5.41) is 8.57. The number of benzene rings is 1. The molecule has 2 rings (SSSR count). The Labute approximate surface area is 118 Å². The number of nitrogens with zero attached hydrogens (tertiary/aromatic N) is 2. The van der Waals surface area contributed by atoms with Gasteiger partial charge in [-0.15, -0.1) is 0 Å². The van der Waals surface area contributed by atoms with Gasteiger partial charge in [0, 0.05) is 25.9 Å². The minimum atomic E-state index is -0.963. The number of aromatic nitrogens is 1. The first-order chi connectivity index (χ1) is 9.65.